The minimum Gasteiger partial charge on any atom is -0.495 e. The number of rotatable bonds is 5. The molecule has 1 heterocycles. The Morgan fingerprint density at radius 1 is 1.24 bits per heavy atom. The molecule has 7 heteroatoms. The summed E-state index contributed by atoms with van der Waals surface area (Å²) in [5.41, 5.74) is 0.685. The first-order valence-electron chi connectivity index (χ1n) is 6.36. The molecule has 0 aliphatic carbocycles. The second-order valence-electron chi connectivity index (χ2n) is 4.18. The predicted molar refractivity (Wildman–Crippen MR) is 82.2 cm³/mol. The number of nitrogens with zero attached hydrogens (tertiary/aromatic N) is 2. The van der Waals surface area contributed by atoms with Gasteiger partial charge in [-0.15, -0.1) is 10.2 Å². The van der Waals surface area contributed by atoms with Gasteiger partial charge in [0.05, 0.1) is 12.8 Å². The molecule has 110 valence electrons. The summed E-state index contributed by atoms with van der Waals surface area (Å²) >= 11 is 5.96. The SMILES string of the molecule is CCC(=O)Nc1ccc(Nc2cc(Cl)ccc2OC)nn1. The van der Waals surface area contributed by atoms with E-state index < -0.39 is 0 Å². The molecule has 2 N–H and O–H groups in total. The normalized spacial score (nSPS) is 10.0. The molecule has 0 saturated heterocycles. The molecule has 6 nitrogen and oxygen atoms in total. The molecule has 0 unspecified atom stereocenters. The molecule has 0 fully saturated rings. The van der Waals surface area contributed by atoms with Gasteiger partial charge in [-0.25, -0.2) is 0 Å². The van der Waals surface area contributed by atoms with Crippen molar-refractivity contribution in [2.45, 2.75) is 13.3 Å². The molecule has 0 aliphatic heterocycles. The molecule has 0 bridgehead atoms. The molecule has 1 amide bonds. The summed E-state index contributed by atoms with van der Waals surface area (Å²) in [6.45, 7) is 1.77. The van der Waals surface area contributed by atoms with Crippen LogP contribution in [-0.2, 0) is 4.79 Å². The lowest BCUT2D eigenvalue weighted by Gasteiger charge is -2.10. The van der Waals surface area contributed by atoms with E-state index in [9.17, 15) is 4.79 Å². The number of ether oxygens (including phenoxy) is 1. The fourth-order valence-electron chi connectivity index (χ4n) is 1.61. The average molecular weight is 307 g/mol. The highest BCUT2D eigenvalue weighted by molar-refractivity contribution is 6.31. The van der Waals surface area contributed by atoms with E-state index in [1.807, 2.05) is 0 Å². The van der Waals surface area contributed by atoms with E-state index in [1.54, 1.807) is 44.4 Å². The van der Waals surface area contributed by atoms with Gasteiger partial charge in [-0.1, -0.05) is 18.5 Å². The number of carbonyl (C=O) groups is 1. The molecule has 0 atom stereocenters. The van der Waals surface area contributed by atoms with Crippen molar-refractivity contribution < 1.29 is 9.53 Å². The number of aromatic nitrogens is 2. The van der Waals surface area contributed by atoms with Crippen molar-refractivity contribution in [3.63, 3.8) is 0 Å². The number of anilines is 3. The quantitative estimate of drug-likeness (QED) is 0.887. The third kappa shape index (κ3) is 4.06. The molecule has 0 aliphatic rings. The zero-order valence-corrected chi connectivity index (χ0v) is 12.4. The van der Waals surface area contributed by atoms with Crippen molar-refractivity contribution in [3.8, 4) is 5.75 Å². The van der Waals surface area contributed by atoms with E-state index in [0.717, 1.165) is 0 Å². The standard InChI is InChI=1S/C14H15ClN4O2/c1-3-14(20)17-13-7-6-12(18-19-13)16-10-8-9(15)4-5-11(10)21-2/h4-8H,3H2,1-2H3,(H,16,18)(H,17,19,20). The summed E-state index contributed by atoms with van der Waals surface area (Å²) in [4.78, 5) is 11.3. The zero-order chi connectivity index (χ0) is 15.2. The van der Waals surface area contributed by atoms with Gasteiger partial charge in [0.1, 0.15) is 5.75 Å². The molecular weight excluding hydrogens is 292 g/mol. The molecule has 0 saturated carbocycles. The van der Waals surface area contributed by atoms with Gasteiger partial charge in [0, 0.05) is 11.4 Å². The van der Waals surface area contributed by atoms with E-state index in [4.69, 9.17) is 16.3 Å². The van der Waals surface area contributed by atoms with Crippen LogP contribution >= 0.6 is 11.6 Å². The highest BCUT2D eigenvalue weighted by atomic mass is 35.5. The molecule has 1 aromatic carbocycles. The van der Waals surface area contributed by atoms with Crippen molar-refractivity contribution >= 4 is 34.8 Å². The van der Waals surface area contributed by atoms with Gasteiger partial charge < -0.3 is 15.4 Å². The summed E-state index contributed by atoms with van der Waals surface area (Å²) in [6.07, 6.45) is 0.390. The Hall–Kier alpha value is -2.34. The predicted octanol–water partition coefficient (Wildman–Crippen LogP) is 3.23. The van der Waals surface area contributed by atoms with Gasteiger partial charge in [-0.05, 0) is 30.3 Å². The van der Waals surface area contributed by atoms with Crippen LogP contribution in [0.2, 0.25) is 5.02 Å². The van der Waals surface area contributed by atoms with Crippen molar-refractivity contribution in [1.29, 1.82) is 0 Å². The van der Waals surface area contributed by atoms with E-state index in [-0.39, 0.29) is 5.91 Å². The summed E-state index contributed by atoms with van der Waals surface area (Å²) in [6, 6.07) is 8.60. The number of amides is 1. The van der Waals surface area contributed by atoms with E-state index >= 15 is 0 Å². The number of benzene rings is 1. The Kier molecular flexibility index (Phi) is 4.94. The van der Waals surface area contributed by atoms with Gasteiger partial charge in [0.15, 0.2) is 11.6 Å². The second-order valence-corrected chi connectivity index (χ2v) is 4.61. The van der Waals surface area contributed by atoms with Gasteiger partial charge in [-0.3, -0.25) is 4.79 Å². The van der Waals surface area contributed by atoms with Crippen LogP contribution in [0.15, 0.2) is 30.3 Å². The van der Waals surface area contributed by atoms with Crippen molar-refractivity contribution in [1.82, 2.24) is 10.2 Å². The minimum atomic E-state index is -0.110. The highest BCUT2D eigenvalue weighted by Crippen LogP contribution is 2.29. The first kappa shape index (κ1) is 15.1. The van der Waals surface area contributed by atoms with Gasteiger partial charge in [-0.2, -0.15) is 0 Å². The molecule has 0 spiro atoms. The number of hydrogen-bond donors (Lipinski definition) is 2. The van der Waals surface area contributed by atoms with Crippen LogP contribution in [0.5, 0.6) is 5.75 Å². The Morgan fingerprint density at radius 3 is 2.57 bits per heavy atom. The summed E-state index contributed by atoms with van der Waals surface area (Å²) in [5, 5.41) is 14.2. The molecule has 0 radical (unpaired) electrons. The second kappa shape index (κ2) is 6.90. The van der Waals surface area contributed by atoms with Gasteiger partial charge in [0.2, 0.25) is 5.91 Å². The van der Waals surface area contributed by atoms with Crippen LogP contribution < -0.4 is 15.4 Å². The lowest BCUT2D eigenvalue weighted by Crippen LogP contribution is -2.11. The number of hydrogen-bond acceptors (Lipinski definition) is 5. The van der Waals surface area contributed by atoms with Gasteiger partial charge in [0.25, 0.3) is 0 Å². The fourth-order valence-corrected chi connectivity index (χ4v) is 1.78. The first-order valence-corrected chi connectivity index (χ1v) is 6.74. The van der Waals surface area contributed by atoms with Crippen LogP contribution in [0.3, 0.4) is 0 Å². The van der Waals surface area contributed by atoms with Crippen LogP contribution in [0.25, 0.3) is 0 Å². The third-order valence-corrected chi connectivity index (χ3v) is 2.91. The van der Waals surface area contributed by atoms with Crippen molar-refractivity contribution in [2.24, 2.45) is 0 Å². The zero-order valence-electron chi connectivity index (χ0n) is 11.7. The Morgan fingerprint density at radius 2 is 1.95 bits per heavy atom. The first-order chi connectivity index (χ1) is 10.1. The minimum absolute atomic E-state index is 0.110. The Balaban J connectivity index is 2.13. The summed E-state index contributed by atoms with van der Waals surface area (Å²) in [5.74, 6) is 1.46. The summed E-state index contributed by atoms with van der Waals surface area (Å²) in [7, 11) is 1.57. The maximum Gasteiger partial charge on any atom is 0.225 e. The molecular formula is C14H15ClN4O2. The van der Waals surface area contributed by atoms with Crippen LogP contribution in [0.4, 0.5) is 17.3 Å². The fraction of sp³-hybridized carbons (Fsp3) is 0.214. The number of halogens is 1. The van der Waals surface area contributed by atoms with Crippen LogP contribution in [0.1, 0.15) is 13.3 Å². The maximum atomic E-state index is 11.3. The van der Waals surface area contributed by atoms with E-state index in [2.05, 4.69) is 20.8 Å². The molecule has 21 heavy (non-hydrogen) atoms. The topological polar surface area (TPSA) is 76.1 Å². The van der Waals surface area contributed by atoms with Gasteiger partial charge >= 0.3 is 0 Å². The lowest BCUT2D eigenvalue weighted by molar-refractivity contribution is -0.115. The van der Waals surface area contributed by atoms with Crippen LogP contribution in [-0.4, -0.2) is 23.2 Å². The summed E-state index contributed by atoms with van der Waals surface area (Å²) < 4.78 is 5.24. The highest BCUT2D eigenvalue weighted by Gasteiger charge is 2.06. The number of methoxy groups -OCH3 is 1. The lowest BCUT2D eigenvalue weighted by atomic mass is 10.3. The third-order valence-electron chi connectivity index (χ3n) is 2.68. The largest absolute Gasteiger partial charge is 0.495 e. The number of nitrogens with one attached hydrogen (secondary N) is 2. The molecule has 2 rings (SSSR count). The van der Waals surface area contributed by atoms with E-state index in [0.29, 0.717) is 34.5 Å². The average Bonchev–Trinajstić information content (AvgIpc) is 2.49. The van der Waals surface area contributed by atoms with E-state index in [1.165, 1.54) is 0 Å². The monoisotopic (exact) mass is 306 g/mol. The molecule has 1 aromatic heterocycles. The maximum absolute atomic E-state index is 11.3. The Labute approximate surface area is 127 Å². The van der Waals surface area contributed by atoms with Crippen molar-refractivity contribution in [3.05, 3.63) is 35.4 Å². The smallest absolute Gasteiger partial charge is 0.225 e. The van der Waals surface area contributed by atoms with Crippen molar-refractivity contribution in [2.75, 3.05) is 17.7 Å². The number of carbonyl (C=O) groups excluding carboxylic acids is 1. The van der Waals surface area contributed by atoms with Crippen LogP contribution in [0, 0.1) is 0 Å². The molecule has 2 aromatic rings. The Bertz CT molecular complexity index is 631.